The van der Waals surface area contributed by atoms with Crippen LogP contribution in [0, 0.1) is 0 Å². The zero-order valence-corrected chi connectivity index (χ0v) is 18.0. The van der Waals surface area contributed by atoms with Crippen molar-refractivity contribution in [1.29, 1.82) is 0 Å². The predicted molar refractivity (Wildman–Crippen MR) is 110 cm³/mol. The van der Waals surface area contributed by atoms with Gasteiger partial charge in [0.05, 0.1) is 11.3 Å². The van der Waals surface area contributed by atoms with Crippen LogP contribution >= 0.6 is 27.7 Å². The number of halogens is 1. The lowest BCUT2D eigenvalue weighted by Crippen LogP contribution is -2.23. The molecule has 1 amide bonds. The van der Waals surface area contributed by atoms with Crippen molar-refractivity contribution in [3.05, 3.63) is 52.0 Å². The number of esters is 1. The van der Waals surface area contributed by atoms with E-state index in [1.54, 1.807) is 26.2 Å². The van der Waals surface area contributed by atoms with E-state index < -0.39 is 5.97 Å². The fourth-order valence-corrected chi connectivity index (χ4v) is 3.92. The third kappa shape index (κ3) is 4.99. The first-order chi connectivity index (χ1) is 13.5. The highest BCUT2D eigenvalue weighted by Gasteiger charge is 2.18. The average molecular weight is 466 g/mol. The number of carbonyl (C=O) groups is 2. The SMILES string of the molecule is CN(C)C(=O)CSc1ccccc1C(=O)OCc1cc2c(cc1Br)OCCO2. The fourth-order valence-electron chi connectivity index (χ4n) is 2.47. The Kier molecular flexibility index (Phi) is 6.85. The third-order valence-electron chi connectivity index (χ3n) is 4.03. The molecular formula is C20H20BrNO5S. The molecule has 0 N–H and O–H groups in total. The summed E-state index contributed by atoms with van der Waals surface area (Å²) in [5, 5.41) is 0. The van der Waals surface area contributed by atoms with Crippen molar-refractivity contribution >= 4 is 39.6 Å². The highest BCUT2D eigenvalue weighted by Crippen LogP contribution is 2.36. The van der Waals surface area contributed by atoms with Crippen molar-refractivity contribution in [1.82, 2.24) is 4.90 Å². The topological polar surface area (TPSA) is 65.1 Å². The molecule has 0 radical (unpaired) electrons. The molecular weight excluding hydrogens is 446 g/mol. The minimum absolute atomic E-state index is 0.0200. The van der Waals surface area contributed by atoms with Crippen LogP contribution in [-0.2, 0) is 16.1 Å². The fraction of sp³-hybridized carbons (Fsp3) is 0.300. The molecule has 6 nitrogen and oxygen atoms in total. The summed E-state index contributed by atoms with van der Waals surface area (Å²) in [6.45, 7) is 1.09. The minimum Gasteiger partial charge on any atom is -0.486 e. The van der Waals surface area contributed by atoms with Gasteiger partial charge < -0.3 is 19.1 Å². The summed E-state index contributed by atoms with van der Waals surface area (Å²) in [4.78, 5) is 26.7. The molecule has 148 valence electrons. The van der Waals surface area contributed by atoms with E-state index in [0.717, 1.165) is 10.0 Å². The van der Waals surface area contributed by atoms with Crippen LogP contribution in [0.15, 0.2) is 45.8 Å². The lowest BCUT2D eigenvalue weighted by Gasteiger charge is -2.20. The summed E-state index contributed by atoms with van der Waals surface area (Å²) in [6.07, 6.45) is 0. The molecule has 0 aliphatic carbocycles. The molecule has 2 aromatic rings. The van der Waals surface area contributed by atoms with Crippen molar-refractivity contribution in [3.63, 3.8) is 0 Å². The Hall–Kier alpha value is -2.19. The second-order valence-corrected chi connectivity index (χ2v) is 8.11. The molecule has 0 bridgehead atoms. The van der Waals surface area contributed by atoms with E-state index in [0.29, 0.717) is 35.2 Å². The Labute approximate surface area is 176 Å². The van der Waals surface area contributed by atoms with Crippen molar-refractivity contribution in [3.8, 4) is 11.5 Å². The minimum atomic E-state index is -0.442. The van der Waals surface area contributed by atoms with Crippen LogP contribution in [0.1, 0.15) is 15.9 Å². The van der Waals surface area contributed by atoms with Gasteiger partial charge in [-0.25, -0.2) is 4.79 Å². The first-order valence-corrected chi connectivity index (χ1v) is 10.4. The zero-order valence-electron chi connectivity index (χ0n) is 15.6. The standard InChI is InChI=1S/C20H20BrNO5S/c1-22(2)19(23)12-28-18-6-4-3-5-14(18)20(24)27-11-13-9-16-17(10-15(13)21)26-8-7-25-16/h3-6,9-10H,7-8,11-12H2,1-2H3. The van der Waals surface area contributed by atoms with Crippen molar-refractivity contribution in [2.24, 2.45) is 0 Å². The van der Waals surface area contributed by atoms with Crippen molar-refractivity contribution < 1.29 is 23.8 Å². The van der Waals surface area contributed by atoms with E-state index in [2.05, 4.69) is 15.9 Å². The summed E-state index contributed by atoms with van der Waals surface area (Å²) < 4.78 is 17.4. The zero-order chi connectivity index (χ0) is 20.1. The van der Waals surface area contributed by atoms with Gasteiger partial charge in [-0.15, -0.1) is 11.8 Å². The molecule has 28 heavy (non-hydrogen) atoms. The molecule has 8 heteroatoms. The summed E-state index contributed by atoms with van der Waals surface area (Å²) >= 11 is 4.79. The molecule has 0 saturated carbocycles. The van der Waals surface area contributed by atoms with Crippen LogP contribution in [0.3, 0.4) is 0 Å². The van der Waals surface area contributed by atoms with Gasteiger partial charge in [-0.3, -0.25) is 4.79 Å². The lowest BCUT2D eigenvalue weighted by molar-refractivity contribution is -0.125. The van der Waals surface area contributed by atoms with E-state index in [9.17, 15) is 9.59 Å². The van der Waals surface area contributed by atoms with Crippen LogP contribution < -0.4 is 9.47 Å². The highest BCUT2D eigenvalue weighted by atomic mass is 79.9. The quantitative estimate of drug-likeness (QED) is 0.477. The number of amides is 1. The van der Waals surface area contributed by atoms with Crippen LogP contribution in [-0.4, -0.2) is 49.8 Å². The molecule has 0 unspecified atom stereocenters. The monoisotopic (exact) mass is 465 g/mol. The van der Waals surface area contributed by atoms with E-state index in [1.165, 1.54) is 16.7 Å². The van der Waals surface area contributed by atoms with Crippen LogP contribution in [0.2, 0.25) is 0 Å². The molecule has 0 atom stereocenters. The van der Waals surface area contributed by atoms with E-state index in [1.807, 2.05) is 24.3 Å². The van der Waals surface area contributed by atoms with Crippen LogP contribution in [0.25, 0.3) is 0 Å². The summed E-state index contributed by atoms with van der Waals surface area (Å²) in [5.74, 6) is 1.10. The second-order valence-electron chi connectivity index (χ2n) is 6.24. The number of fused-ring (bicyclic) bond motifs is 1. The normalized spacial score (nSPS) is 12.4. The van der Waals surface area contributed by atoms with Crippen molar-refractivity contribution in [2.45, 2.75) is 11.5 Å². The Morgan fingerprint density at radius 3 is 2.54 bits per heavy atom. The number of nitrogens with zero attached hydrogens (tertiary/aromatic N) is 1. The second kappa shape index (κ2) is 9.34. The first-order valence-electron chi connectivity index (χ1n) is 8.63. The molecule has 1 aliphatic heterocycles. The van der Waals surface area contributed by atoms with Gasteiger partial charge in [0.2, 0.25) is 5.91 Å². The summed E-state index contributed by atoms with van der Waals surface area (Å²) in [6, 6.07) is 10.7. The maximum atomic E-state index is 12.6. The van der Waals surface area contributed by atoms with Crippen LogP contribution in [0.4, 0.5) is 0 Å². The largest absolute Gasteiger partial charge is 0.486 e. The smallest absolute Gasteiger partial charge is 0.339 e. The number of hydrogen-bond donors (Lipinski definition) is 0. The summed E-state index contributed by atoms with van der Waals surface area (Å²) in [7, 11) is 3.41. The number of rotatable bonds is 6. The van der Waals surface area contributed by atoms with E-state index in [-0.39, 0.29) is 18.3 Å². The Bertz CT molecular complexity index is 887. The number of benzene rings is 2. The van der Waals surface area contributed by atoms with Gasteiger partial charge in [0.25, 0.3) is 0 Å². The molecule has 0 saturated heterocycles. The van der Waals surface area contributed by atoms with Crippen LogP contribution in [0.5, 0.6) is 11.5 Å². The number of hydrogen-bond acceptors (Lipinski definition) is 6. The number of carbonyl (C=O) groups excluding carboxylic acids is 2. The number of ether oxygens (including phenoxy) is 3. The van der Waals surface area contributed by atoms with Gasteiger partial charge in [-0.1, -0.05) is 28.1 Å². The third-order valence-corrected chi connectivity index (χ3v) is 5.82. The molecule has 0 spiro atoms. The molecule has 0 fully saturated rings. The highest BCUT2D eigenvalue weighted by molar-refractivity contribution is 9.10. The molecule has 1 heterocycles. The Morgan fingerprint density at radius 2 is 1.82 bits per heavy atom. The van der Waals surface area contributed by atoms with Gasteiger partial charge in [0.15, 0.2) is 11.5 Å². The number of thioether (sulfide) groups is 1. The Balaban J connectivity index is 1.68. The summed E-state index contributed by atoms with van der Waals surface area (Å²) in [5.41, 5.74) is 1.22. The maximum Gasteiger partial charge on any atom is 0.339 e. The lowest BCUT2D eigenvalue weighted by atomic mass is 10.2. The van der Waals surface area contributed by atoms with Gasteiger partial charge in [-0.05, 0) is 24.3 Å². The van der Waals surface area contributed by atoms with Crippen molar-refractivity contribution in [2.75, 3.05) is 33.1 Å². The van der Waals surface area contributed by atoms with Gasteiger partial charge in [-0.2, -0.15) is 0 Å². The van der Waals surface area contributed by atoms with Gasteiger partial charge in [0, 0.05) is 29.0 Å². The van der Waals surface area contributed by atoms with E-state index in [4.69, 9.17) is 14.2 Å². The first kappa shape index (κ1) is 20.5. The molecule has 3 rings (SSSR count). The Morgan fingerprint density at radius 1 is 1.14 bits per heavy atom. The molecule has 2 aromatic carbocycles. The average Bonchev–Trinajstić information content (AvgIpc) is 2.70. The van der Waals surface area contributed by atoms with E-state index >= 15 is 0 Å². The van der Waals surface area contributed by atoms with Gasteiger partial charge in [0.1, 0.15) is 19.8 Å². The maximum absolute atomic E-state index is 12.6. The predicted octanol–water partition coefficient (Wildman–Crippen LogP) is 3.76. The van der Waals surface area contributed by atoms with Gasteiger partial charge >= 0.3 is 5.97 Å². The molecule has 1 aliphatic rings. The molecule has 0 aromatic heterocycles.